The van der Waals surface area contributed by atoms with Gasteiger partial charge in [-0.15, -0.1) is 0 Å². The van der Waals surface area contributed by atoms with Crippen molar-refractivity contribution in [3.8, 4) is 5.75 Å². The van der Waals surface area contributed by atoms with Crippen LogP contribution in [0.5, 0.6) is 5.75 Å². The molecule has 0 amide bonds. The summed E-state index contributed by atoms with van der Waals surface area (Å²) in [7, 11) is 1.47. The van der Waals surface area contributed by atoms with Crippen LogP contribution < -0.4 is 10.1 Å². The monoisotopic (exact) mass is 291 g/mol. The number of benzene rings is 1. The number of aromatic nitrogens is 2. The van der Waals surface area contributed by atoms with Gasteiger partial charge in [0.1, 0.15) is 0 Å². The van der Waals surface area contributed by atoms with E-state index in [2.05, 4.69) is 17.3 Å². The van der Waals surface area contributed by atoms with Crippen molar-refractivity contribution in [1.82, 2.24) is 15.1 Å². The fraction of sp³-hybridized carbons (Fsp3) is 0.438. The molecule has 0 fully saturated rings. The lowest BCUT2D eigenvalue weighted by atomic mass is 10.0. The summed E-state index contributed by atoms with van der Waals surface area (Å²) < 4.78 is 20.9. The lowest BCUT2D eigenvalue weighted by molar-refractivity contribution is 0.385. The van der Waals surface area contributed by atoms with E-state index in [1.54, 1.807) is 12.3 Å². The molecule has 0 bridgehead atoms. The van der Waals surface area contributed by atoms with Crippen LogP contribution in [-0.2, 0) is 6.54 Å². The standard InChI is InChI=1S/C16H22FN3O/c1-4-9-18-16(14-8-10-19-20(14)5-2)12-6-7-15(21-3)13(17)11-12/h6-8,10-11,16,18H,4-5,9H2,1-3H3. The maximum atomic E-state index is 14.0. The minimum Gasteiger partial charge on any atom is -0.494 e. The predicted octanol–water partition coefficient (Wildman–Crippen LogP) is 3.14. The third-order valence-corrected chi connectivity index (χ3v) is 3.45. The molecule has 2 rings (SSSR count). The van der Waals surface area contributed by atoms with Gasteiger partial charge in [0.25, 0.3) is 0 Å². The van der Waals surface area contributed by atoms with Gasteiger partial charge in [-0.25, -0.2) is 4.39 Å². The Hall–Kier alpha value is -1.88. The number of nitrogens with zero attached hydrogens (tertiary/aromatic N) is 2. The first kappa shape index (κ1) is 15.5. The molecule has 5 heteroatoms. The number of rotatable bonds is 7. The molecule has 1 aromatic heterocycles. The molecule has 1 unspecified atom stereocenters. The summed E-state index contributed by atoms with van der Waals surface area (Å²) in [5, 5.41) is 7.76. The van der Waals surface area contributed by atoms with E-state index >= 15 is 0 Å². The molecule has 0 aliphatic heterocycles. The number of hydrogen-bond donors (Lipinski definition) is 1. The van der Waals surface area contributed by atoms with Crippen molar-refractivity contribution >= 4 is 0 Å². The first-order chi connectivity index (χ1) is 10.2. The van der Waals surface area contributed by atoms with Gasteiger partial charge in [0, 0.05) is 12.7 Å². The highest BCUT2D eigenvalue weighted by molar-refractivity contribution is 5.34. The van der Waals surface area contributed by atoms with Crippen molar-refractivity contribution < 1.29 is 9.13 Å². The van der Waals surface area contributed by atoms with Crippen molar-refractivity contribution in [3.63, 3.8) is 0 Å². The number of hydrogen-bond acceptors (Lipinski definition) is 3. The summed E-state index contributed by atoms with van der Waals surface area (Å²) >= 11 is 0. The maximum Gasteiger partial charge on any atom is 0.165 e. The van der Waals surface area contributed by atoms with Gasteiger partial charge in [0.05, 0.1) is 18.8 Å². The molecule has 0 saturated carbocycles. The molecule has 0 saturated heterocycles. The Labute approximate surface area is 124 Å². The zero-order valence-corrected chi connectivity index (χ0v) is 12.8. The number of halogens is 1. The molecule has 1 aromatic carbocycles. The van der Waals surface area contributed by atoms with Gasteiger partial charge < -0.3 is 10.1 Å². The van der Waals surface area contributed by atoms with Gasteiger partial charge in [-0.1, -0.05) is 13.0 Å². The van der Waals surface area contributed by atoms with E-state index in [0.29, 0.717) is 0 Å². The van der Waals surface area contributed by atoms with Crippen molar-refractivity contribution in [3.05, 3.63) is 47.5 Å². The summed E-state index contributed by atoms with van der Waals surface area (Å²) in [5.41, 5.74) is 1.91. The van der Waals surface area contributed by atoms with E-state index < -0.39 is 0 Å². The van der Waals surface area contributed by atoms with Gasteiger partial charge in [-0.3, -0.25) is 4.68 Å². The lowest BCUT2D eigenvalue weighted by Crippen LogP contribution is -2.26. The molecule has 0 aliphatic carbocycles. The second-order valence-electron chi connectivity index (χ2n) is 4.85. The molecule has 1 heterocycles. The van der Waals surface area contributed by atoms with Crippen molar-refractivity contribution in [2.24, 2.45) is 0 Å². The van der Waals surface area contributed by atoms with E-state index in [1.807, 2.05) is 23.7 Å². The van der Waals surface area contributed by atoms with Crippen LogP contribution in [0.15, 0.2) is 30.5 Å². The summed E-state index contributed by atoms with van der Waals surface area (Å²) in [6, 6.07) is 6.98. The van der Waals surface area contributed by atoms with E-state index in [-0.39, 0.29) is 17.6 Å². The Morgan fingerprint density at radius 3 is 2.76 bits per heavy atom. The fourth-order valence-corrected chi connectivity index (χ4v) is 2.40. The molecule has 114 valence electrons. The van der Waals surface area contributed by atoms with Crippen LogP contribution in [0, 0.1) is 5.82 Å². The number of ether oxygens (including phenoxy) is 1. The van der Waals surface area contributed by atoms with Gasteiger partial charge >= 0.3 is 0 Å². The first-order valence-electron chi connectivity index (χ1n) is 7.29. The van der Waals surface area contributed by atoms with Crippen molar-refractivity contribution in [2.45, 2.75) is 32.9 Å². The van der Waals surface area contributed by atoms with Crippen LogP contribution in [0.2, 0.25) is 0 Å². The quantitative estimate of drug-likeness (QED) is 0.852. The molecular formula is C16H22FN3O. The molecule has 0 spiro atoms. The molecule has 4 nitrogen and oxygen atoms in total. The minimum absolute atomic E-state index is 0.0761. The fourth-order valence-electron chi connectivity index (χ4n) is 2.40. The van der Waals surface area contributed by atoms with E-state index in [1.165, 1.54) is 13.2 Å². The lowest BCUT2D eigenvalue weighted by Gasteiger charge is -2.20. The predicted molar refractivity (Wildman–Crippen MR) is 81.0 cm³/mol. The van der Waals surface area contributed by atoms with Crippen LogP contribution in [0.4, 0.5) is 4.39 Å². The topological polar surface area (TPSA) is 39.1 Å². The maximum absolute atomic E-state index is 14.0. The molecule has 1 atom stereocenters. The highest BCUT2D eigenvalue weighted by Gasteiger charge is 2.18. The molecule has 0 radical (unpaired) electrons. The van der Waals surface area contributed by atoms with Crippen LogP contribution in [0.3, 0.4) is 0 Å². The van der Waals surface area contributed by atoms with Gasteiger partial charge in [-0.2, -0.15) is 5.10 Å². The highest BCUT2D eigenvalue weighted by Crippen LogP contribution is 2.26. The van der Waals surface area contributed by atoms with Gasteiger partial charge in [0.2, 0.25) is 0 Å². The highest BCUT2D eigenvalue weighted by atomic mass is 19.1. The average Bonchev–Trinajstić information content (AvgIpc) is 2.96. The third-order valence-electron chi connectivity index (χ3n) is 3.45. The molecule has 1 N–H and O–H groups in total. The Bertz CT molecular complexity index is 583. The Morgan fingerprint density at radius 2 is 2.14 bits per heavy atom. The molecular weight excluding hydrogens is 269 g/mol. The zero-order chi connectivity index (χ0) is 15.2. The summed E-state index contributed by atoms with van der Waals surface area (Å²) in [6.07, 6.45) is 2.79. The second-order valence-corrected chi connectivity index (χ2v) is 4.85. The SMILES string of the molecule is CCCNC(c1ccc(OC)c(F)c1)c1ccnn1CC. The normalized spacial score (nSPS) is 12.4. The van der Waals surface area contributed by atoms with Crippen molar-refractivity contribution in [2.75, 3.05) is 13.7 Å². The zero-order valence-electron chi connectivity index (χ0n) is 12.8. The van der Waals surface area contributed by atoms with Crippen LogP contribution >= 0.6 is 0 Å². The number of aryl methyl sites for hydroxylation is 1. The van der Waals surface area contributed by atoms with Crippen LogP contribution in [0.25, 0.3) is 0 Å². The average molecular weight is 291 g/mol. The summed E-state index contributed by atoms with van der Waals surface area (Å²) in [6.45, 7) is 5.79. The Balaban J connectivity index is 2.38. The molecule has 0 aliphatic rings. The summed E-state index contributed by atoms with van der Waals surface area (Å²) in [5.74, 6) is -0.0853. The van der Waals surface area contributed by atoms with E-state index in [9.17, 15) is 4.39 Å². The number of methoxy groups -OCH3 is 1. The van der Waals surface area contributed by atoms with E-state index in [0.717, 1.165) is 30.8 Å². The van der Waals surface area contributed by atoms with Crippen molar-refractivity contribution in [1.29, 1.82) is 0 Å². The Morgan fingerprint density at radius 1 is 1.33 bits per heavy atom. The van der Waals surface area contributed by atoms with E-state index in [4.69, 9.17) is 4.74 Å². The van der Waals surface area contributed by atoms with Gasteiger partial charge in [-0.05, 0) is 43.7 Å². The van der Waals surface area contributed by atoms with Gasteiger partial charge in [0.15, 0.2) is 11.6 Å². The third kappa shape index (κ3) is 3.42. The largest absolute Gasteiger partial charge is 0.494 e. The Kier molecular flexibility index (Phi) is 5.33. The summed E-state index contributed by atoms with van der Waals surface area (Å²) in [4.78, 5) is 0. The minimum atomic E-state index is -0.346. The molecule has 2 aromatic rings. The first-order valence-corrected chi connectivity index (χ1v) is 7.29. The number of nitrogens with one attached hydrogen (secondary N) is 1. The van der Waals surface area contributed by atoms with Crippen LogP contribution in [-0.4, -0.2) is 23.4 Å². The smallest absolute Gasteiger partial charge is 0.165 e. The second kappa shape index (κ2) is 7.22. The molecule has 21 heavy (non-hydrogen) atoms. The van der Waals surface area contributed by atoms with Crippen LogP contribution in [0.1, 0.15) is 37.6 Å².